The number of methoxy groups -OCH3 is 1. The molecule has 2 aromatic heterocycles. The Morgan fingerprint density at radius 3 is 2.63 bits per heavy atom. The standard InChI is InChI=1S/C20H20N4O3/c1-4-22-20(26)24-18-8-14-6-13(5-12(2)17(14)11-23-18)15-7-16(10-21-9-15)19(25)27-3/h5-11H,4H2,1-3H3,(H2,22,23,24,26). The zero-order valence-electron chi connectivity index (χ0n) is 15.4. The smallest absolute Gasteiger partial charge is 0.339 e. The van der Waals surface area contributed by atoms with Crippen LogP contribution >= 0.6 is 0 Å². The van der Waals surface area contributed by atoms with Gasteiger partial charge in [0.2, 0.25) is 0 Å². The zero-order valence-corrected chi connectivity index (χ0v) is 15.4. The minimum Gasteiger partial charge on any atom is -0.465 e. The van der Waals surface area contributed by atoms with Crippen LogP contribution in [0.1, 0.15) is 22.8 Å². The Kier molecular flexibility index (Phi) is 5.30. The molecule has 2 amide bonds. The Bertz CT molecular complexity index is 1020. The molecule has 2 heterocycles. The summed E-state index contributed by atoms with van der Waals surface area (Å²) in [6, 6.07) is 7.25. The van der Waals surface area contributed by atoms with Gasteiger partial charge in [-0.05, 0) is 48.6 Å². The number of carbonyl (C=O) groups is 2. The van der Waals surface area contributed by atoms with Crippen molar-refractivity contribution in [1.29, 1.82) is 0 Å². The first-order valence-corrected chi connectivity index (χ1v) is 8.50. The molecule has 2 N–H and O–H groups in total. The molecule has 0 saturated carbocycles. The molecule has 138 valence electrons. The van der Waals surface area contributed by atoms with Gasteiger partial charge in [0.15, 0.2) is 0 Å². The second kappa shape index (κ2) is 7.82. The molecule has 7 heteroatoms. The lowest BCUT2D eigenvalue weighted by Gasteiger charge is -2.10. The summed E-state index contributed by atoms with van der Waals surface area (Å²) in [6.07, 6.45) is 4.91. The van der Waals surface area contributed by atoms with E-state index in [2.05, 4.69) is 20.6 Å². The summed E-state index contributed by atoms with van der Waals surface area (Å²) in [5.74, 6) is 0.0333. The molecule has 27 heavy (non-hydrogen) atoms. The van der Waals surface area contributed by atoms with Crippen LogP contribution in [0.5, 0.6) is 0 Å². The van der Waals surface area contributed by atoms with Crippen molar-refractivity contribution >= 4 is 28.6 Å². The topological polar surface area (TPSA) is 93.2 Å². The Morgan fingerprint density at radius 2 is 1.89 bits per heavy atom. The number of hydrogen-bond acceptors (Lipinski definition) is 5. The van der Waals surface area contributed by atoms with E-state index in [0.717, 1.165) is 27.5 Å². The molecular formula is C20H20N4O3. The Morgan fingerprint density at radius 1 is 1.07 bits per heavy atom. The largest absolute Gasteiger partial charge is 0.465 e. The molecule has 0 aliphatic carbocycles. The summed E-state index contributed by atoms with van der Waals surface area (Å²) in [5.41, 5.74) is 3.13. The van der Waals surface area contributed by atoms with Gasteiger partial charge in [-0.1, -0.05) is 6.07 Å². The maximum atomic E-state index is 11.8. The van der Waals surface area contributed by atoms with Crippen LogP contribution in [0.15, 0.2) is 42.9 Å². The van der Waals surface area contributed by atoms with Gasteiger partial charge >= 0.3 is 12.0 Å². The summed E-state index contributed by atoms with van der Waals surface area (Å²) in [6.45, 7) is 4.37. The SMILES string of the molecule is CCNC(=O)Nc1cc2cc(-c3cncc(C(=O)OC)c3)cc(C)c2cn1. The van der Waals surface area contributed by atoms with Gasteiger partial charge < -0.3 is 10.1 Å². The lowest BCUT2D eigenvalue weighted by atomic mass is 9.99. The monoisotopic (exact) mass is 364 g/mol. The molecule has 0 radical (unpaired) electrons. The third kappa shape index (κ3) is 4.03. The number of esters is 1. The average Bonchev–Trinajstić information content (AvgIpc) is 2.67. The van der Waals surface area contributed by atoms with E-state index >= 15 is 0 Å². The summed E-state index contributed by atoms with van der Waals surface area (Å²) >= 11 is 0. The fraction of sp³-hybridized carbons (Fsp3) is 0.200. The van der Waals surface area contributed by atoms with Crippen LogP contribution in [0.4, 0.5) is 10.6 Å². The highest BCUT2D eigenvalue weighted by atomic mass is 16.5. The molecule has 0 saturated heterocycles. The number of carbonyl (C=O) groups excluding carboxylic acids is 2. The number of amides is 2. The van der Waals surface area contributed by atoms with Gasteiger partial charge in [-0.25, -0.2) is 14.6 Å². The molecule has 0 atom stereocenters. The first kappa shape index (κ1) is 18.3. The number of nitrogens with one attached hydrogen (secondary N) is 2. The van der Waals surface area contributed by atoms with Gasteiger partial charge in [0.05, 0.1) is 12.7 Å². The average molecular weight is 364 g/mol. The molecule has 0 aliphatic rings. The molecule has 3 rings (SSSR count). The molecule has 0 spiro atoms. The number of pyridine rings is 2. The van der Waals surface area contributed by atoms with Crippen molar-refractivity contribution < 1.29 is 14.3 Å². The lowest BCUT2D eigenvalue weighted by Crippen LogP contribution is -2.28. The zero-order chi connectivity index (χ0) is 19.4. The highest BCUT2D eigenvalue weighted by Gasteiger charge is 2.10. The highest BCUT2D eigenvalue weighted by Crippen LogP contribution is 2.28. The fourth-order valence-corrected chi connectivity index (χ4v) is 2.82. The first-order valence-electron chi connectivity index (χ1n) is 8.50. The summed E-state index contributed by atoms with van der Waals surface area (Å²) in [4.78, 5) is 31.9. The van der Waals surface area contributed by atoms with Gasteiger partial charge in [0.1, 0.15) is 5.82 Å². The number of fused-ring (bicyclic) bond motifs is 1. The van der Waals surface area contributed by atoms with Crippen molar-refractivity contribution in [3.63, 3.8) is 0 Å². The number of rotatable bonds is 4. The van der Waals surface area contributed by atoms with E-state index in [1.807, 2.05) is 32.0 Å². The van der Waals surface area contributed by atoms with E-state index in [1.54, 1.807) is 18.5 Å². The van der Waals surface area contributed by atoms with Gasteiger partial charge in [-0.3, -0.25) is 10.3 Å². The van der Waals surface area contributed by atoms with Crippen LogP contribution in [0, 0.1) is 6.92 Å². The van der Waals surface area contributed by atoms with Crippen molar-refractivity contribution in [1.82, 2.24) is 15.3 Å². The summed E-state index contributed by atoms with van der Waals surface area (Å²) in [7, 11) is 1.34. The third-order valence-electron chi connectivity index (χ3n) is 4.12. The maximum absolute atomic E-state index is 11.8. The lowest BCUT2D eigenvalue weighted by molar-refractivity contribution is 0.0600. The fourth-order valence-electron chi connectivity index (χ4n) is 2.82. The van der Waals surface area contributed by atoms with Crippen LogP contribution in [0.2, 0.25) is 0 Å². The number of urea groups is 1. The van der Waals surface area contributed by atoms with E-state index in [0.29, 0.717) is 17.9 Å². The van der Waals surface area contributed by atoms with E-state index < -0.39 is 5.97 Å². The number of anilines is 1. The van der Waals surface area contributed by atoms with E-state index in [-0.39, 0.29) is 6.03 Å². The van der Waals surface area contributed by atoms with E-state index in [9.17, 15) is 9.59 Å². The Hall–Kier alpha value is -3.48. The van der Waals surface area contributed by atoms with Gasteiger partial charge in [0.25, 0.3) is 0 Å². The van der Waals surface area contributed by atoms with Gasteiger partial charge in [-0.15, -0.1) is 0 Å². The molecule has 1 aromatic carbocycles. The molecule has 0 bridgehead atoms. The minimum atomic E-state index is -0.431. The van der Waals surface area contributed by atoms with E-state index in [1.165, 1.54) is 13.3 Å². The quantitative estimate of drug-likeness (QED) is 0.691. The number of aryl methyl sites for hydroxylation is 1. The highest BCUT2D eigenvalue weighted by molar-refractivity contribution is 5.95. The number of ether oxygens (including phenoxy) is 1. The van der Waals surface area contributed by atoms with Crippen LogP contribution in [-0.4, -0.2) is 35.6 Å². The van der Waals surface area contributed by atoms with Crippen LogP contribution < -0.4 is 10.6 Å². The molecule has 0 aliphatic heterocycles. The number of nitrogens with zero attached hydrogens (tertiary/aromatic N) is 2. The van der Waals surface area contributed by atoms with Crippen LogP contribution in [-0.2, 0) is 4.74 Å². The van der Waals surface area contributed by atoms with Gasteiger partial charge in [0, 0.05) is 36.1 Å². The van der Waals surface area contributed by atoms with Crippen molar-refractivity contribution in [2.75, 3.05) is 19.0 Å². The predicted molar refractivity (Wildman–Crippen MR) is 104 cm³/mol. The van der Waals surface area contributed by atoms with Gasteiger partial charge in [-0.2, -0.15) is 0 Å². The number of hydrogen-bond donors (Lipinski definition) is 2. The normalized spacial score (nSPS) is 10.5. The molecule has 0 fully saturated rings. The molecular weight excluding hydrogens is 344 g/mol. The number of aromatic nitrogens is 2. The first-order chi connectivity index (χ1) is 13.0. The molecule has 0 unspecified atom stereocenters. The summed E-state index contributed by atoms with van der Waals surface area (Å²) in [5, 5.41) is 7.29. The van der Waals surface area contributed by atoms with E-state index in [4.69, 9.17) is 4.74 Å². The summed E-state index contributed by atoms with van der Waals surface area (Å²) < 4.78 is 4.76. The van der Waals surface area contributed by atoms with Crippen molar-refractivity contribution in [2.24, 2.45) is 0 Å². The second-order valence-electron chi connectivity index (χ2n) is 6.02. The maximum Gasteiger partial charge on any atom is 0.339 e. The van der Waals surface area contributed by atoms with Crippen molar-refractivity contribution in [3.8, 4) is 11.1 Å². The van der Waals surface area contributed by atoms with Crippen molar-refractivity contribution in [2.45, 2.75) is 13.8 Å². The Labute approximate surface area is 156 Å². The minimum absolute atomic E-state index is 0.299. The Balaban J connectivity index is 2.02. The van der Waals surface area contributed by atoms with Crippen LogP contribution in [0.3, 0.4) is 0 Å². The number of benzene rings is 1. The second-order valence-corrected chi connectivity index (χ2v) is 6.02. The predicted octanol–water partition coefficient (Wildman–Crippen LogP) is 3.53. The van der Waals surface area contributed by atoms with Crippen molar-refractivity contribution in [3.05, 3.63) is 54.0 Å². The third-order valence-corrected chi connectivity index (χ3v) is 4.12. The molecule has 7 nitrogen and oxygen atoms in total. The molecule has 3 aromatic rings. The van der Waals surface area contributed by atoms with Crippen LogP contribution in [0.25, 0.3) is 21.9 Å².